The maximum atomic E-state index is 13.1. The van der Waals surface area contributed by atoms with Crippen LogP contribution in [0.25, 0.3) is 0 Å². The minimum atomic E-state index is -0.321. The minimum Gasteiger partial charge on any atom is -0.322 e. The number of nitrogens with zero attached hydrogens (tertiary/aromatic N) is 1. The molecule has 0 spiro atoms. The second-order valence-electron chi connectivity index (χ2n) is 8.36. The summed E-state index contributed by atoms with van der Waals surface area (Å²) in [5.41, 5.74) is 3.52. The summed E-state index contributed by atoms with van der Waals surface area (Å²) in [5, 5.41) is 2.94. The summed E-state index contributed by atoms with van der Waals surface area (Å²) >= 11 is 0. The molecule has 2 fully saturated rings. The van der Waals surface area contributed by atoms with Crippen molar-refractivity contribution >= 4 is 29.1 Å². The minimum absolute atomic E-state index is 0.168. The number of nitrogens with one attached hydrogen (secondary N) is 1. The van der Waals surface area contributed by atoms with E-state index in [-0.39, 0.29) is 29.6 Å². The zero-order valence-corrected chi connectivity index (χ0v) is 17.1. The first-order valence-corrected chi connectivity index (χ1v) is 10.2. The van der Waals surface area contributed by atoms with Crippen LogP contribution in [0.1, 0.15) is 47.7 Å². The number of amides is 3. The highest BCUT2D eigenvalue weighted by molar-refractivity contribution is 6.24. The lowest BCUT2D eigenvalue weighted by molar-refractivity contribution is -0.122. The van der Waals surface area contributed by atoms with Crippen molar-refractivity contribution in [1.82, 2.24) is 0 Å². The molecular formula is C24H26N2O3. The van der Waals surface area contributed by atoms with E-state index in [2.05, 4.69) is 12.2 Å². The van der Waals surface area contributed by atoms with Gasteiger partial charge in [0.25, 0.3) is 5.91 Å². The summed E-state index contributed by atoms with van der Waals surface area (Å²) in [6, 6.07) is 12.6. The third-order valence-electron chi connectivity index (χ3n) is 6.43. The smallest absolute Gasteiger partial charge is 0.257 e. The summed E-state index contributed by atoms with van der Waals surface area (Å²) in [6.07, 6.45) is 2.44. The zero-order chi connectivity index (χ0) is 20.7. The number of rotatable bonds is 3. The van der Waals surface area contributed by atoms with E-state index in [4.69, 9.17) is 0 Å². The highest BCUT2D eigenvalue weighted by atomic mass is 16.2. The Morgan fingerprint density at radius 3 is 2.48 bits per heavy atom. The first kappa shape index (κ1) is 19.4. The zero-order valence-electron chi connectivity index (χ0n) is 17.1. The Bertz CT molecular complexity index is 997. The molecule has 29 heavy (non-hydrogen) atoms. The summed E-state index contributed by atoms with van der Waals surface area (Å²) in [7, 11) is 0. The van der Waals surface area contributed by atoms with E-state index in [0.717, 1.165) is 36.1 Å². The van der Waals surface area contributed by atoms with Crippen LogP contribution in [0.2, 0.25) is 0 Å². The molecule has 0 aromatic heterocycles. The number of benzene rings is 2. The summed E-state index contributed by atoms with van der Waals surface area (Å²) in [5.74, 6) is -0.735. The van der Waals surface area contributed by atoms with E-state index < -0.39 is 0 Å². The Kier molecular flexibility index (Phi) is 4.99. The maximum absolute atomic E-state index is 13.1. The molecule has 0 bridgehead atoms. The van der Waals surface area contributed by atoms with Crippen molar-refractivity contribution < 1.29 is 14.4 Å². The summed E-state index contributed by atoms with van der Waals surface area (Å²) in [4.78, 5) is 40.5. The molecule has 1 saturated heterocycles. The standard InChI is InChI=1S/C24H26N2O3/c1-14-11-12-17-19(13-14)24(29)26(23(17)28)21-10-5-4-8-18(21)22(27)25-20-9-6-7-15(2)16(20)3/h4-10,14,17,19H,11-13H2,1-3H3,(H,25,27)/t14-,17-,19+/m1/s1. The molecule has 5 nitrogen and oxygen atoms in total. The van der Waals surface area contributed by atoms with Gasteiger partial charge in [0.15, 0.2) is 0 Å². The second kappa shape index (κ2) is 7.47. The van der Waals surface area contributed by atoms with Crippen LogP contribution in [-0.2, 0) is 9.59 Å². The van der Waals surface area contributed by atoms with E-state index >= 15 is 0 Å². The fourth-order valence-electron chi connectivity index (χ4n) is 4.56. The topological polar surface area (TPSA) is 66.5 Å². The number of carbonyl (C=O) groups excluding carboxylic acids is 3. The normalized spacial score (nSPS) is 23.8. The highest BCUT2D eigenvalue weighted by Crippen LogP contribution is 2.42. The van der Waals surface area contributed by atoms with E-state index in [9.17, 15) is 14.4 Å². The Labute approximate surface area is 171 Å². The van der Waals surface area contributed by atoms with Gasteiger partial charge in [-0.3, -0.25) is 14.4 Å². The molecule has 5 heteroatoms. The maximum Gasteiger partial charge on any atom is 0.257 e. The summed E-state index contributed by atoms with van der Waals surface area (Å²) in [6.45, 7) is 6.07. The Morgan fingerprint density at radius 1 is 0.966 bits per heavy atom. The molecule has 1 heterocycles. The molecule has 2 aromatic carbocycles. The van der Waals surface area contributed by atoms with Gasteiger partial charge in [-0.25, -0.2) is 4.90 Å². The number of para-hydroxylation sites is 1. The van der Waals surface area contributed by atoms with Crippen LogP contribution in [0.3, 0.4) is 0 Å². The molecule has 3 amide bonds. The molecule has 1 aliphatic carbocycles. The highest BCUT2D eigenvalue weighted by Gasteiger charge is 2.50. The van der Waals surface area contributed by atoms with Crippen LogP contribution in [0.4, 0.5) is 11.4 Å². The first-order chi connectivity index (χ1) is 13.9. The fourth-order valence-corrected chi connectivity index (χ4v) is 4.56. The van der Waals surface area contributed by atoms with E-state index in [1.54, 1.807) is 24.3 Å². The van der Waals surface area contributed by atoms with Crippen molar-refractivity contribution in [3.63, 3.8) is 0 Å². The molecule has 4 rings (SSSR count). The van der Waals surface area contributed by atoms with Gasteiger partial charge in [0.1, 0.15) is 0 Å². The van der Waals surface area contributed by atoms with Crippen molar-refractivity contribution in [2.45, 2.75) is 40.0 Å². The van der Waals surface area contributed by atoms with Crippen LogP contribution in [0.15, 0.2) is 42.5 Å². The molecule has 3 atom stereocenters. The number of aryl methyl sites for hydroxylation is 1. The lowest BCUT2D eigenvalue weighted by Gasteiger charge is -2.25. The van der Waals surface area contributed by atoms with Crippen LogP contribution in [-0.4, -0.2) is 17.7 Å². The molecule has 2 aromatic rings. The predicted octanol–water partition coefficient (Wildman–Crippen LogP) is 4.48. The van der Waals surface area contributed by atoms with E-state index in [1.165, 1.54) is 4.90 Å². The molecule has 0 unspecified atom stereocenters. The van der Waals surface area contributed by atoms with Gasteiger partial charge >= 0.3 is 0 Å². The van der Waals surface area contributed by atoms with Crippen LogP contribution in [0.5, 0.6) is 0 Å². The first-order valence-electron chi connectivity index (χ1n) is 10.2. The average Bonchev–Trinajstić information content (AvgIpc) is 2.95. The van der Waals surface area contributed by atoms with Gasteiger partial charge in [-0.1, -0.05) is 31.2 Å². The molecule has 1 saturated carbocycles. The van der Waals surface area contributed by atoms with Gasteiger partial charge in [-0.15, -0.1) is 0 Å². The number of fused-ring (bicyclic) bond motifs is 1. The Balaban J connectivity index is 1.67. The van der Waals surface area contributed by atoms with Crippen molar-refractivity contribution in [3.8, 4) is 0 Å². The van der Waals surface area contributed by atoms with Gasteiger partial charge in [0, 0.05) is 5.69 Å². The van der Waals surface area contributed by atoms with Gasteiger partial charge in [0.05, 0.1) is 23.1 Å². The molecule has 150 valence electrons. The Morgan fingerprint density at radius 2 is 1.69 bits per heavy atom. The lowest BCUT2D eigenvalue weighted by atomic mass is 9.76. The Hall–Kier alpha value is -2.95. The quantitative estimate of drug-likeness (QED) is 0.786. The SMILES string of the molecule is Cc1cccc(NC(=O)c2ccccc2N2C(=O)[C@H]3C[C@H](C)CC[C@H]3C2=O)c1C. The van der Waals surface area contributed by atoms with E-state index in [1.807, 2.05) is 32.0 Å². The number of anilines is 2. The van der Waals surface area contributed by atoms with E-state index in [0.29, 0.717) is 17.2 Å². The van der Waals surface area contributed by atoms with Crippen LogP contribution < -0.4 is 10.2 Å². The molecule has 0 radical (unpaired) electrons. The predicted molar refractivity (Wildman–Crippen MR) is 113 cm³/mol. The second-order valence-corrected chi connectivity index (χ2v) is 8.36. The number of hydrogen-bond acceptors (Lipinski definition) is 3. The molecule has 1 N–H and O–H groups in total. The van der Waals surface area contributed by atoms with Crippen molar-refractivity contribution in [1.29, 1.82) is 0 Å². The van der Waals surface area contributed by atoms with Gasteiger partial charge in [-0.2, -0.15) is 0 Å². The third kappa shape index (κ3) is 3.35. The number of imide groups is 1. The molecular weight excluding hydrogens is 364 g/mol. The van der Waals surface area contributed by atoms with Crippen molar-refractivity contribution in [3.05, 3.63) is 59.2 Å². The monoisotopic (exact) mass is 390 g/mol. The van der Waals surface area contributed by atoms with Gasteiger partial charge in [-0.05, 0) is 68.4 Å². The third-order valence-corrected chi connectivity index (χ3v) is 6.43. The lowest BCUT2D eigenvalue weighted by Crippen LogP contribution is -2.33. The van der Waals surface area contributed by atoms with Crippen LogP contribution in [0, 0.1) is 31.6 Å². The largest absolute Gasteiger partial charge is 0.322 e. The number of hydrogen-bond donors (Lipinski definition) is 1. The van der Waals surface area contributed by atoms with Gasteiger partial charge < -0.3 is 5.32 Å². The summed E-state index contributed by atoms with van der Waals surface area (Å²) < 4.78 is 0. The van der Waals surface area contributed by atoms with Gasteiger partial charge in [0.2, 0.25) is 11.8 Å². The average molecular weight is 390 g/mol. The molecule has 2 aliphatic rings. The molecule has 1 aliphatic heterocycles. The number of carbonyl (C=O) groups is 3. The fraction of sp³-hybridized carbons (Fsp3) is 0.375. The van der Waals surface area contributed by atoms with Crippen molar-refractivity contribution in [2.75, 3.05) is 10.2 Å². The van der Waals surface area contributed by atoms with Crippen LogP contribution >= 0.6 is 0 Å². The van der Waals surface area contributed by atoms with Crippen molar-refractivity contribution in [2.24, 2.45) is 17.8 Å².